The van der Waals surface area contributed by atoms with Gasteiger partial charge in [-0.15, -0.1) is 0 Å². The number of carbonyl (C=O) groups excluding carboxylic acids is 1. The lowest BCUT2D eigenvalue weighted by Crippen LogP contribution is -2.55. The molecule has 7 unspecified atom stereocenters. The average molecular weight is 384 g/mol. The molecule has 0 heterocycles. The summed E-state index contributed by atoms with van der Waals surface area (Å²) in [6, 6.07) is 0. The fraction of sp³-hybridized carbons (Fsp3) is 0.840. The summed E-state index contributed by atoms with van der Waals surface area (Å²) in [6.45, 7) is 6.93. The summed E-state index contributed by atoms with van der Waals surface area (Å²) < 4.78 is 0. The van der Waals surface area contributed by atoms with Gasteiger partial charge in [-0.25, -0.2) is 0 Å². The normalized spacial score (nSPS) is 51.5. The average Bonchev–Trinajstić information content (AvgIpc) is 2.97. The van der Waals surface area contributed by atoms with Gasteiger partial charge >= 0.3 is 0 Å². The van der Waals surface area contributed by atoms with Crippen molar-refractivity contribution < 1.29 is 10.0 Å². The van der Waals surface area contributed by atoms with Gasteiger partial charge in [0.1, 0.15) is 5.78 Å². The highest BCUT2D eigenvalue weighted by molar-refractivity contribution is 5.96. The zero-order valence-corrected chi connectivity index (χ0v) is 18.0. The molecule has 5 rings (SSSR count). The Morgan fingerprint density at radius 1 is 1.07 bits per heavy atom. The second-order valence-corrected chi connectivity index (χ2v) is 11.3. The third-order valence-electron chi connectivity index (χ3n) is 10.8. The molecule has 7 atom stereocenters. The second-order valence-electron chi connectivity index (χ2n) is 11.3. The van der Waals surface area contributed by atoms with Gasteiger partial charge in [-0.1, -0.05) is 37.4 Å². The van der Waals surface area contributed by atoms with Crippen molar-refractivity contribution in [3.8, 4) is 0 Å². The maximum atomic E-state index is 13.1. The van der Waals surface area contributed by atoms with E-state index in [1.807, 2.05) is 6.92 Å². The summed E-state index contributed by atoms with van der Waals surface area (Å²) in [5.41, 5.74) is 2.87. The minimum absolute atomic E-state index is 0.0266. The third kappa shape index (κ3) is 2.17. The predicted octanol–water partition coefficient (Wildman–Crippen LogP) is 6.15. The number of fused-ring (bicyclic) bond motifs is 7. The van der Waals surface area contributed by atoms with Crippen LogP contribution in [0.2, 0.25) is 0 Å². The van der Waals surface area contributed by atoms with Gasteiger partial charge in [0.2, 0.25) is 0 Å². The molecule has 0 amide bonds. The molecule has 5 aliphatic carbocycles. The number of nitrogens with zero attached hydrogens (tertiary/aromatic N) is 1. The Labute approximate surface area is 170 Å². The first-order valence-corrected chi connectivity index (χ1v) is 11.8. The highest BCUT2D eigenvalue weighted by atomic mass is 16.4. The van der Waals surface area contributed by atoms with Crippen molar-refractivity contribution in [1.82, 2.24) is 0 Å². The fourth-order valence-electron chi connectivity index (χ4n) is 9.45. The molecular formula is C25H37NO2. The number of carbonyl (C=O) groups is 1. The highest BCUT2D eigenvalue weighted by Gasteiger charge is 2.69. The molecule has 0 aromatic rings. The number of rotatable bonds is 1. The van der Waals surface area contributed by atoms with Gasteiger partial charge in [0, 0.05) is 5.41 Å². The first kappa shape index (κ1) is 18.9. The molecule has 3 nitrogen and oxygen atoms in total. The van der Waals surface area contributed by atoms with Gasteiger partial charge in [-0.2, -0.15) is 0 Å². The molecule has 5 aliphatic rings. The Balaban J connectivity index is 1.53. The smallest absolute Gasteiger partial charge is 0.136 e. The number of allylic oxidation sites excluding steroid dienone is 2. The first-order valence-electron chi connectivity index (χ1n) is 11.8. The fourth-order valence-corrected chi connectivity index (χ4v) is 9.45. The molecule has 4 saturated carbocycles. The number of oxime groups is 1. The summed E-state index contributed by atoms with van der Waals surface area (Å²) in [7, 11) is 0. The van der Waals surface area contributed by atoms with Crippen molar-refractivity contribution >= 4 is 11.5 Å². The molecule has 0 spiro atoms. The molecule has 0 bridgehead atoms. The van der Waals surface area contributed by atoms with E-state index in [4.69, 9.17) is 0 Å². The van der Waals surface area contributed by atoms with Crippen molar-refractivity contribution in [2.75, 3.05) is 0 Å². The van der Waals surface area contributed by atoms with Crippen LogP contribution in [0.15, 0.2) is 16.8 Å². The van der Waals surface area contributed by atoms with Gasteiger partial charge in [0.05, 0.1) is 5.71 Å². The molecular weight excluding hydrogens is 346 g/mol. The van der Waals surface area contributed by atoms with Crippen LogP contribution in [0, 0.1) is 39.9 Å². The van der Waals surface area contributed by atoms with Gasteiger partial charge < -0.3 is 5.21 Å². The van der Waals surface area contributed by atoms with Crippen molar-refractivity contribution in [3.05, 3.63) is 11.6 Å². The van der Waals surface area contributed by atoms with Gasteiger partial charge in [-0.05, 0) is 105 Å². The van der Waals surface area contributed by atoms with Gasteiger partial charge in [-0.3, -0.25) is 4.79 Å². The van der Waals surface area contributed by atoms with Crippen molar-refractivity contribution in [2.24, 2.45) is 45.1 Å². The van der Waals surface area contributed by atoms with Gasteiger partial charge in [0.15, 0.2) is 0 Å². The zero-order valence-electron chi connectivity index (χ0n) is 18.0. The number of Topliss-reactive ketones (excluding diaryl/α,β-unsaturated/α-hetero) is 1. The Morgan fingerprint density at radius 3 is 2.64 bits per heavy atom. The standard InChI is InChI=1S/C25H37NO2/c1-16(27)25-11-5-4-6-18(25)15-22-20-8-7-17-14-19(26-28)9-12-23(17,2)21(20)10-13-24(22,25)3/h14,18,20-22,28H,4-13,15H2,1-3H3/b26-19-. The summed E-state index contributed by atoms with van der Waals surface area (Å²) in [5.74, 6) is 3.39. The molecule has 0 aliphatic heterocycles. The Kier molecular flexibility index (Phi) is 4.17. The second kappa shape index (κ2) is 6.19. The number of hydrogen-bond donors (Lipinski definition) is 1. The van der Waals surface area contributed by atoms with Crippen LogP contribution in [-0.2, 0) is 4.79 Å². The van der Waals surface area contributed by atoms with Crippen molar-refractivity contribution in [2.45, 2.75) is 91.4 Å². The van der Waals surface area contributed by atoms with E-state index in [-0.39, 0.29) is 16.2 Å². The topological polar surface area (TPSA) is 49.7 Å². The van der Waals surface area contributed by atoms with Crippen LogP contribution in [0.25, 0.3) is 0 Å². The van der Waals surface area contributed by atoms with Crippen LogP contribution in [-0.4, -0.2) is 16.7 Å². The van der Waals surface area contributed by atoms with Crippen LogP contribution in [0.4, 0.5) is 0 Å². The molecule has 154 valence electrons. The van der Waals surface area contributed by atoms with Crippen LogP contribution in [0.5, 0.6) is 0 Å². The van der Waals surface area contributed by atoms with Crippen molar-refractivity contribution in [3.63, 3.8) is 0 Å². The number of ketones is 1. The van der Waals surface area contributed by atoms with E-state index in [0.29, 0.717) is 11.7 Å². The Hall–Kier alpha value is -1.12. The SMILES string of the molecule is CC(=O)C12CCCCC1CC1C3CCC4=C/C(=N\O)CCC4(C)C3CCC12C. The van der Waals surface area contributed by atoms with Crippen molar-refractivity contribution in [1.29, 1.82) is 0 Å². The molecule has 0 saturated heterocycles. The monoisotopic (exact) mass is 383 g/mol. The van der Waals surface area contributed by atoms with E-state index < -0.39 is 0 Å². The highest BCUT2D eigenvalue weighted by Crippen LogP contribution is 2.74. The predicted molar refractivity (Wildman–Crippen MR) is 111 cm³/mol. The van der Waals surface area contributed by atoms with Crippen LogP contribution in [0.1, 0.15) is 91.4 Å². The molecule has 28 heavy (non-hydrogen) atoms. The molecule has 0 aromatic carbocycles. The van der Waals surface area contributed by atoms with E-state index in [2.05, 4.69) is 25.1 Å². The van der Waals surface area contributed by atoms with E-state index in [1.165, 1.54) is 50.5 Å². The van der Waals surface area contributed by atoms with E-state index in [9.17, 15) is 10.0 Å². The van der Waals surface area contributed by atoms with E-state index in [0.717, 1.165) is 49.1 Å². The lowest BCUT2D eigenvalue weighted by molar-refractivity contribution is -0.147. The van der Waals surface area contributed by atoms with Crippen LogP contribution < -0.4 is 0 Å². The first-order chi connectivity index (χ1) is 13.4. The molecule has 0 aromatic heterocycles. The Bertz CT molecular complexity index is 754. The quantitative estimate of drug-likeness (QED) is 0.436. The zero-order chi connectivity index (χ0) is 19.7. The minimum Gasteiger partial charge on any atom is -0.411 e. The molecule has 3 heteroatoms. The molecule has 4 fully saturated rings. The largest absolute Gasteiger partial charge is 0.411 e. The summed E-state index contributed by atoms with van der Waals surface area (Å²) >= 11 is 0. The molecule has 0 radical (unpaired) electrons. The lowest BCUT2D eigenvalue weighted by atomic mass is 9.44. The maximum Gasteiger partial charge on any atom is 0.136 e. The van der Waals surface area contributed by atoms with Crippen LogP contribution >= 0.6 is 0 Å². The third-order valence-corrected chi connectivity index (χ3v) is 10.8. The minimum atomic E-state index is -0.0266. The maximum absolute atomic E-state index is 13.1. The number of hydrogen-bond acceptors (Lipinski definition) is 3. The van der Waals surface area contributed by atoms with E-state index >= 15 is 0 Å². The summed E-state index contributed by atoms with van der Waals surface area (Å²) in [4.78, 5) is 13.1. The van der Waals surface area contributed by atoms with E-state index in [1.54, 1.807) is 0 Å². The van der Waals surface area contributed by atoms with Crippen LogP contribution in [0.3, 0.4) is 0 Å². The lowest BCUT2D eigenvalue weighted by Gasteiger charge is -2.60. The summed E-state index contributed by atoms with van der Waals surface area (Å²) in [6.07, 6.45) is 15.5. The van der Waals surface area contributed by atoms with Gasteiger partial charge in [0.25, 0.3) is 0 Å². The summed E-state index contributed by atoms with van der Waals surface area (Å²) in [5, 5.41) is 12.8. The molecule has 1 N–H and O–H groups in total. The Morgan fingerprint density at radius 2 is 1.89 bits per heavy atom.